The normalized spacial score (nSPS) is 14.7. The van der Waals surface area contributed by atoms with E-state index in [1.54, 1.807) is 0 Å². The van der Waals surface area contributed by atoms with Crippen LogP contribution in [-0.2, 0) is 27.2 Å². The SMILES string of the molecule is O=C(Cc1ccccc1)C1=[C]([Fe])CC=C1. The third kappa shape index (κ3) is 2.47. The fourth-order valence-electron chi connectivity index (χ4n) is 1.59. The first kappa shape index (κ1) is 10.4. The number of ketones is 1. The Balaban J connectivity index is 2.11. The summed E-state index contributed by atoms with van der Waals surface area (Å²) in [6.07, 6.45) is 5.16. The average molecular weight is 239 g/mol. The number of benzene rings is 1. The third-order valence-corrected chi connectivity index (χ3v) is 2.89. The van der Waals surface area contributed by atoms with Crippen LogP contribution >= 0.6 is 0 Å². The number of carbonyl (C=O) groups excluding carboxylic acids is 1. The molecule has 0 aromatic heterocycles. The number of Topliss-reactive ketones (excluding diaryl/α,β-unsaturated/α-hetero) is 1. The number of hydrogen-bond donors (Lipinski definition) is 0. The van der Waals surface area contributed by atoms with Gasteiger partial charge in [0, 0.05) is 0 Å². The molecule has 0 bridgehead atoms. The van der Waals surface area contributed by atoms with E-state index in [2.05, 4.69) is 16.0 Å². The first-order valence-corrected chi connectivity index (χ1v) is 5.43. The Labute approximate surface area is 97.7 Å². The van der Waals surface area contributed by atoms with Crippen molar-refractivity contribution in [2.24, 2.45) is 0 Å². The summed E-state index contributed by atoms with van der Waals surface area (Å²) in [5, 5.41) is 0. The first-order chi connectivity index (χ1) is 7.27. The number of hydrogen-bond acceptors (Lipinski definition) is 1. The molecule has 2 rings (SSSR count). The molecule has 1 nitrogen and oxygen atoms in total. The van der Waals surface area contributed by atoms with Crippen LogP contribution < -0.4 is 0 Å². The zero-order valence-corrected chi connectivity index (χ0v) is 9.32. The summed E-state index contributed by atoms with van der Waals surface area (Å²) in [4.78, 5) is 11.9. The van der Waals surface area contributed by atoms with Gasteiger partial charge in [-0.3, -0.25) is 0 Å². The molecule has 15 heavy (non-hydrogen) atoms. The van der Waals surface area contributed by atoms with E-state index in [4.69, 9.17) is 0 Å². The number of carbonyl (C=O) groups is 1. The van der Waals surface area contributed by atoms with Gasteiger partial charge in [-0.15, -0.1) is 0 Å². The Kier molecular flexibility index (Phi) is 3.20. The molecule has 0 fully saturated rings. The Morgan fingerprint density at radius 2 is 2.00 bits per heavy atom. The summed E-state index contributed by atoms with van der Waals surface area (Å²) in [7, 11) is 0. The summed E-state index contributed by atoms with van der Waals surface area (Å²) in [5.41, 5.74) is 1.85. The van der Waals surface area contributed by atoms with Crippen molar-refractivity contribution in [3.8, 4) is 0 Å². The molecule has 0 N–H and O–H groups in total. The van der Waals surface area contributed by atoms with Gasteiger partial charge < -0.3 is 0 Å². The van der Waals surface area contributed by atoms with E-state index in [0.29, 0.717) is 6.42 Å². The predicted octanol–water partition coefficient (Wildman–Crippen LogP) is 2.56. The maximum atomic E-state index is 11.9. The molecule has 0 aliphatic heterocycles. The van der Waals surface area contributed by atoms with E-state index < -0.39 is 0 Å². The topological polar surface area (TPSA) is 17.1 Å². The monoisotopic (exact) mass is 239 g/mol. The second kappa shape index (κ2) is 4.61. The van der Waals surface area contributed by atoms with Crippen LogP contribution in [0.3, 0.4) is 0 Å². The number of rotatable bonds is 3. The second-order valence-electron chi connectivity index (χ2n) is 3.50. The van der Waals surface area contributed by atoms with Gasteiger partial charge in [-0.25, -0.2) is 0 Å². The summed E-state index contributed by atoms with van der Waals surface area (Å²) in [6, 6.07) is 9.80. The van der Waals surface area contributed by atoms with Crippen LogP contribution in [0.25, 0.3) is 0 Å². The molecular weight excluding hydrogens is 228 g/mol. The van der Waals surface area contributed by atoms with Gasteiger partial charge in [0.05, 0.1) is 0 Å². The van der Waals surface area contributed by atoms with E-state index in [0.717, 1.165) is 22.0 Å². The molecule has 1 aliphatic carbocycles. The van der Waals surface area contributed by atoms with E-state index in [1.807, 2.05) is 42.5 Å². The molecule has 0 unspecified atom stereocenters. The Morgan fingerprint density at radius 1 is 1.27 bits per heavy atom. The summed E-state index contributed by atoms with van der Waals surface area (Å²) >= 11 is 3.88. The molecule has 1 aliphatic rings. The zero-order valence-electron chi connectivity index (χ0n) is 8.22. The van der Waals surface area contributed by atoms with Crippen LogP contribution in [0.4, 0.5) is 0 Å². The van der Waals surface area contributed by atoms with Crippen molar-refractivity contribution in [1.29, 1.82) is 0 Å². The second-order valence-corrected chi connectivity index (χ2v) is 4.16. The molecular formula is C13H11FeO. The maximum absolute atomic E-state index is 11.9. The molecule has 0 spiro atoms. The molecule has 1 aromatic carbocycles. The standard InChI is InChI=1S/C13H11O.Fe/c14-13(12-8-4-5-9-12)10-11-6-2-1-3-7-11;/h1-4,6-8H,5,10H2;. The summed E-state index contributed by atoms with van der Waals surface area (Å²) < 4.78 is 0.941. The Hall–Kier alpha value is -1.11. The third-order valence-electron chi connectivity index (χ3n) is 2.37. The molecule has 0 saturated carbocycles. The fraction of sp³-hybridized carbons (Fsp3) is 0.154. The zero-order chi connectivity index (χ0) is 10.7. The van der Waals surface area contributed by atoms with Crippen molar-refractivity contribution in [1.82, 2.24) is 0 Å². The van der Waals surface area contributed by atoms with Crippen LogP contribution in [0.2, 0.25) is 0 Å². The van der Waals surface area contributed by atoms with Crippen LogP contribution in [0.15, 0.2) is 52.5 Å². The molecule has 0 radical (unpaired) electrons. The van der Waals surface area contributed by atoms with Crippen molar-refractivity contribution in [2.75, 3.05) is 0 Å². The van der Waals surface area contributed by atoms with Crippen molar-refractivity contribution >= 4 is 5.78 Å². The van der Waals surface area contributed by atoms with Gasteiger partial charge in [0.1, 0.15) is 0 Å². The van der Waals surface area contributed by atoms with Gasteiger partial charge in [0.25, 0.3) is 0 Å². The van der Waals surface area contributed by atoms with Gasteiger partial charge in [-0.05, 0) is 0 Å². The van der Waals surface area contributed by atoms with Gasteiger partial charge in [0.15, 0.2) is 0 Å². The van der Waals surface area contributed by atoms with Gasteiger partial charge in [-0.2, -0.15) is 0 Å². The molecule has 2 heteroatoms. The molecule has 1 aromatic rings. The quantitative estimate of drug-likeness (QED) is 0.741. The van der Waals surface area contributed by atoms with Crippen molar-refractivity contribution in [2.45, 2.75) is 12.8 Å². The Morgan fingerprint density at radius 3 is 2.60 bits per heavy atom. The van der Waals surface area contributed by atoms with Gasteiger partial charge in [-0.1, -0.05) is 0 Å². The van der Waals surface area contributed by atoms with Gasteiger partial charge in [0.2, 0.25) is 0 Å². The molecule has 0 amide bonds. The fourth-order valence-corrected chi connectivity index (χ4v) is 1.97. The Bertz CT molecular complexity index is 429. The summed E-state index contributed by atoms with van der Waals surface area (Å²) in [6.45, 7) is 0. The van der Waals surface area contributed by atoms with Crippen molar-refractivity contribution < 1.29 is 20.8 Å². The van der Waals surface area contributed by atoms with Crippen LogP contribution in [-0.4, -0.2) is 5.78 Å². The molecule has 0 heterocycles. The minimum absolute atomic E-state index is 0.167. The minimum atomic E-state index is 0.167. The van der Waals surface area contributed by atoms with E-state index >= 15 is 0 Å². The van der Waals surface area contributed by atoms with Crippen LogP contribution in [0, 0.1) is 0 Å². The van der Waals surface area contributed by atoms with Crippen LogP contribution in [0.5, 0.6) is 0 Å². The summed E-state index contributed by atoms with van der Waals surface area (Å²) in [5.74, 6) is 0.167. The predicted molar refractivity (Wildman–Crippen MR) is 55.9 cm³/mol. The van der Waals surface area contributed by atoms with E-state index in [-0.39, 0.29) is 5.78 Å². The van der Waals surface area contributed by atoms with E-state index in [9.17, 15) is 4.79 Å². The first-order valence-electron chi connectivity index (χ1n) is 4.88. The van der Waals surface area contributed by atoms with Crippen LogP contribution in [0.1, 0.15) is 12.0 Å². The van der Waals surface area contributed by atoms with Crippen molar-refractivity contribution in [3.05, 3.63) is 58.1 Å². The molecule has 77 valence electrons. The molecule has 0 saturated heterocycles. The molecule has 0 atom stereocenters. The average Bonchev–Trinajstić information content (AvgIpc) is 2.66. The number of allylic oxidation sites excluding steroid dienone is 4. The van der Waals surface area contributed by atoms with Gasteiger partial charge >= 0.3 is 97.5 Å². The van der Waals surface area contributed by atoms with Crippen molar-refractivity contribution in [3.63, 3.8) is 0 Å². The van der Waals surface area contributed by atoms with E-state index in [1.165, 1.54) is 0 Å².